The largest absolute Gasteiger partial charge is 0.386 e. The number of hydrogen-bond donors (Lipinski definition) is 1. The third kappa shape index (κ3) is 2.44. The predicted molar refractivity (Wildman–Crippen MR) is 65.7 cm³/mol. The average Bonchev–Trinajstić information content (AvgIpc) is 2.49. The lowest BCUT2D eigenvalue weighted by Crippen LogP contribution is -2.40. The second-order valence-electron chi connectivity index (χ2n) is 5.96. The molecule has 0 saturated heterocycles. The van der Waals surface area contributed by atoms with Crippen molar-refractivity contribution in [2.24, 2.45) is 17.3 Å². The quantitative estimate of drug-likeness (QED) is 0.703. The van der Waals surface area contributed by atoms with Crippen molar-refractivity contribution in [1.82, 2.24) is 0 Å². The van der Waals surface area contributed by atoms with E-state index in [9.17, 15) is 5.11 Å². The molecule has 0 spiro atoms. The Morgan fingerprint density at radius 3 is 2.47 bits per heavy atom. The van der Waals surface area contributed by atoms with Crippen molar-refractivity contribution in [3.63, 3.8) is 0 Å². The highest BCUT2D eigenvalue weighted by atomic mass is 16.3. The van der Waals surface area contributed by atoms with Crippen LogP contribution in [0.4, 0.5) is 0 Å². The van der Waals surface area contributed by atoms with Crippen LogP contribution in [0.2, 0.25) is 0 Å². The smallest absolute Gasteiger partial charge is 0.0852 e. The van der Waals surface area contributed by atoms with E-state index < -0.39 is 5.60 Å². The highest BCUT2D eigenvalue weighted by molar-refractivity contribution is 5.09. The van der Waals surface area contributed by atoms with Crippen LogP contribution in [0, 0.1) is 17.3 Å². The molecule has 88 valence electrons. The molecular formula is C14H26O. The summed E-state index contributed by atoms with van der Waals surface area (Å²) in [6, 6.07) is 0. The lowest BCUT2D eigenvalue weighted by molar-refractivity contribution is -0.0189. The Balaban J connectivity index is 2.78. The number of rotatable bonds is 3. The minimum absolute atomic E-state index is 0.0639. The van der Waals surface area contributed by atoms with Gasteiger partial charge in [0.05, 0.1) is 5.60 Å². The summed E-state index contributed by atoms with van der Waals surface area (Å²) in [4.78, 5) is 0. The van der Waals surface area contributed by atoms with E-state index in [0.29, 0.717) is 0 Å². The highest BCUT2D eigenvalue weighted by Crippen LogP contribution is 2.51. The first-order chi connectivity index (χ1) is 6.82. The lowest BCUT2D eigenvalue weighted by Gasteiger charge is -2.38. The van der Waals surface area contributed by atoms with Crippen molar-refractivity contribution in [2.75, 3.05) is 0 Å². The summed E-state index contributed by atoms with van der Waals surface area (Å²) in [5.74, 6) is 1.53. The molecule has 0 aromatic rings. The molecule has 0 aliphatic heterocycles. The van der Waals surface area contributed by atoms with Crippen LogP contribution in [-0.4, -0.2) is 10.7 Å². The van der Waals surface area contributed by atoms with E-state index in [0.717, 1.165) is 24.7 Å². The third-order valence-electron chi connectivity index (χ3n) is 4.44. The van der Waals surface area contributed by atoms with Gasteiger partial charge in [-0.1, -0.05) is 32.9 Å². The van der Waals surface area contributed by atoms with E-state index in [4.69, 9.17) is 0 Å². The van der Waals surface area contributed by atoms with Crippen LogP contribution in [0.25, 0.3) is 0 Å². The molecule has 1 N–H and O–H groups in total. The van der Waals surface area contributed by atoms with Crippen molar-refractivity contribution < 1.29 is 5.11 Å². The zero-order valence-electron chi connectivity index (χ0n) is 10.9. The summed E-state index contributed by atoms with van der Waals surface area (Å²) in [5, 5.41) is 10.5. The predicted octanol–water partition coefficient (Wildman–Crippen LogP) is 3.78. The van der Waals surface area contributed by atoms with Crippen LogP contribution in [0.3, 0.4) is 0 Å². The maximum atomic E-state index is 10.5. The first kappa shape index (κ1) is 12.8. The molecule has 0 heterocycles. The zero-order valence-corrected chi connectivity index (χ0v) is 10.9. The molecule has 1 aliphatic rings. The topological polar surface area (TPSA) is 20.2 Å². The van der Waals surface area contributed by atoms with Crippen LogP contribution in [0.5, 0.6) is 0 Å². The van der Waals surface area contributed by atoms with Gasteiger partial charge < -0.3 is 5.11 Å². The minimum Gasteiger partial charge on any atom is -0.386 e. The lowest BCUT2D eigenvalue weighted by atomic mass is 9.71. The van der Waals surface area contributed by atoms with Gasteiger partial charge in [-0.25, -0.2) is 0 Å². The molecule has 1 aliphatic carbocycles. The molecule has 1 nitrogen and oxygen atoms in total. The Morgan fingerprint density at radius 1 is 1.47 bits per heavy atom. The van der Waals surface area contributed by atoms with Crippen molar-refractivity contribution in [1.29, 1.82) is 0 Å². The molecule has 0 aromatic carbocycles. The van der Waals surface area contributed by atoms with E-state index in [2.05, 4.69) is 20.8 Å². The van der Waals surface area contributed by atoms with E-state index in [1.807, 2.05) is 26.0 Å². The molecular weight excluding hydrogens is 184 g/mol. The fourth-order valence-electron chi connectivity index (χ4n) is 2.84. The van der Waals surface area contributed by atoms with E-state index >= 15 is 0 Å². The van der Waals surface area contributed by atoms with Gasteiger partial charge in [-0.3, -0.25) is 0 Å². The van der Waals surface area contributed by atoms with Gasteiger partial charge in [-0.2, -0.15) is 0 Å². The molecule has 2 unspecified atom stereocenters. The van der Waals surface area contributed by atoms with Crippen LogP contribution in [-0.2, 0) is 0 Å². The Labute approximate surface area is 94.6 Å². The molecule has 15 heavy (non-hydrogen) atoms. The first-order valence-electron chi connectivity index (χ1n) is 6.18. The Hall–Kier alpha value is -0.300. The third-order valence-corrected chi connectivity index (χ3v) is 4.44. The number of aliphatic hydroxyl groups is 1. The molecule has 1 heteroatoms. The van der Waals surface area contributed by atoms with Crippen LogP contribution >= 0.6 is 0 Å². The Morgan fingerprint density at radius 2 is 2.07 bits per heavy atom. The summed E-state index contributed by atoms with van der Waals surface area (Å²) in [5.41, 5.74) is -0.583. The molecule has 0 amide bonds. The second-order valence-corrected chi connectivity index (χ2v) is 5.96. The SMILES string of the molecule is CC=CC(C)(O)[C@]1(C)CCC(C(C)C)C1. The molecule has 0 radical (unpaired) electrons. The van der Waals surface area contributed by atoms with Crippen molar-refractivity contribution >= 4 is 0 Å². The van der Waals surface area contributed by atoms with Gasteiger partial charge in [-0.05, 0) is 50.4 Å². The van der Waals surface area contributed by atoms with Gasteiger partial charge in [0.2, 0.25) is 0 Å². The van der Waals surface area contributed by atoms with E-state index in [-0.39, 0.29) is 5.41 Å². The average molecular weight is 210 g/mol. The Kier molecular flexibility index (Phi) is 3.65. The fourth-order valence-corrected chi connectivity index (χ4v) is 2.84. The van der Waals surface area contributed by atoms with Crippen LogP contribution < -0.4 is 0 Å². The van der Waals surface area contributed by atoms with Crippen LogP contribution in [0.1, 0.15) is 53.9 Å². The fraction of sp³-hybridized carbons (Fsp3) is 0.857. The minimum atomic E-state index is -0.647. The summed E-state index contributed by atoms with van der Waals surface area (Å²) < 4.78 is 0. The van der Waals surface area contributed by atoms with E-state index in [1.165, 1.54) is 6.42 Å². The Bertz CT molecular complexity index is 240. The van der Waals surface area contributed by atoms with Crippen LogP contribution in [0.15, 0.2) is 12.2 Å². The standard InChI is InChI=1S/C14H26O/c1-6-8-14(5,15)13(4)9-7-12(10-13)11(2)3/h6,8,11-12,15H,7,9-10H2,1-5H3/t12?,13-,14?/m1/s1. The molecule has 0 bridgehead atoms. The molecule has 3 atom stereocenters. The van der Waals surface area contributed by atoms with Crippen molar-refractivity contribution in [2.45, 2.75) is 59.5 Å². The van der Waals surface area contributed by atoms with Gasteiger partial charge in [0.15, 0.2) is 0 Å². The molecule has 0 aromatic heterocycles. The summed E-state index contributed by atoms with van der Waals surface area (Å²) in [6.07, 6.45) is 7.49. The van der Waals surface area contributed by atoms with Gasteiger partial charge in [-0.15, -0.1) is 0 Å². The van der Waals surface area contributed by atoms with E-state index in [1.54, 1.807) is 0 Å². The zero-order chi connectivity index (χ0) is 11.7. The second kappa shape index (κ2) is 4.29. The summed E-state index contributed by atoms with van der Waals surface area (Å²) in [7, 11) is 0. The maximum Gasteiger partial charge on any atom is 0.0852 e. The molecule has 1 rings (SSSR count). The van der Waals surface area contributed by atoms with Crippen molar-refractivity contribution in [3.8, 4) is 0 Å². The van der Waals surface area contributed by atoms with Gasteiger partial charge in [0.1, 0.15) is 0 Å². The van der Waals surface area contributed by atoms with Gasteiger partial charge >= 0.3 is 0 Å². The molecule has 1 saturated carbocycles. The first-order valence-corrected chi connectivity index (χ1v) is 6.18. The van der Waals surface area contributed by atoms with Crippen molar-refractivity contribution in [3.05, 3.63) is 12.2 Å². The summed E-state index contributed by atoms with van der Waals surface area (Å²) in [6.45, 7) is 10.7. The summed E-state index contributed by atoms with van der Waals surface area (Å²) >= 11 is 0. The van der Waals surface area contributed by atoms with Gasteiger partial charge in [0.25, 0.3) is 0 Å². The van der Waals surface area contributed by atoms with Gasteiger partial charge in [0, 0.05) is 0 Å². The monoisotopic (exact) mass is 210 g/mol. The maximum absolute atomic E-state index is 10.5. The molecule has 1 fully saturated rings. The normalized spacial score (nSPS) is 36.3. The highest BCUT2D eigenvalue weighted by Gasteiger charge is 2.46. The number of allylic oxidation sites excluding steroid dienone is 1. The number of hydrogen-bond acceptors (Lipinski definition) is 1.